The highest BCUT2D eigenvalue weighted by molar-refractivity contribution is 6.10. The number of carboxylic acid groups (broad SMARTS) is 1. The van der Waals surface area contributed by atoms with Crippen molar-refractivity contribution in [3.8, 4) is 22.8 Å². The lowest BCUT2D eigenvalue weighted by molar-refractivity contribution is -0.137. The van der Waals surface area contributed by atoms with E-state index in [1.54, 1.807) is 30.6 Å². The van der Waals surface area contributed by atoms with Crippen LogP contribution in [0.1, 0.15) is 10.4 Å². The van der Waals surface area contributed by atoms with Crippen molar-refractivity contribution in [2.75, 3.05) is 30.9 Å². The van der Waals surface area contributed by atoms with Gasteiger partial charge in [0.15, 0.2) is 0 Å². The van der Waals surface area contributed by atoms with Crippen molar-refractivity contribution >= 4 is 23.4 Å². The van der Waals surface area contributed by atoms with Crippen LogP contribution in [-0.2, 0) is 11.3 Å². The number of rotatable bonds is 5. The number of nitrogens with zero attached hydrogens (tertiary/aromatic N) is 5. The zero-order valence-corrected chi connectivity index (χ0v) is 16.0. The van der Waals surface area contributed by atoms with Crippen molar-refractivity contribution in [1.29, 1.82) is 0 Å². The number of anilines is 2. The van der Waals surface area contributed by atoms with E-state index in [0.717, 1.165) is 0 Å². The summed E-state index contributed by atoms with van der Waals surface area (Å²) < 4.78 is 12.4. The molecule has 0 radical (unpaired) electrons. The lowest BCUT2D eigenvalue weighted by Crippen LogP contribution is -2.32. The highest BCUT2D eigenvalue weighted by Crippen LogP contribution is 2.35. The third-order valence-corrected chi connectivity index (χ3v) is 4.59. The molecule has 0 spiro atoms. The molecular weight excluding hydrogens is 392 g/mol. The molecule has 0 fully saturated rings. The van der Waals surface area contributed by atoms with E-state index in [9.17, 15) is 9.59 Å². The summed E-state index contributed by atoms with van der Waals surface area (Å²) in [6.07, 6.45) is 4.42. The molecule has 1 aliphatic heterocycles. The molecule has 3 N–H and O–H groups in total. The zero-order chi connectivity index (χ0) is 21.3. The number of ether oxygens (including phenoxy) is 2. The minimum Gasteiger partial charge on any atom is -0.496 e. The van der Waals surface area contributed by atoms with Crippen LogP contribution < -0.4 is 20.1 Å². The largest absolute Gasteiger partial charge is 0.496 e. The predicted molar refractivity (Wildman–Crippen MR) is 105 cm³/mol. The molecule has 0 unspecified atom stereocenters. The van der Waals surface area contributed by atoms with Crippen molar-refractivity contribution in [1.82, 2.24) is 19.7 Å². The van der Waals surface area contributed by atoms with Crippen LogP contribution in [-0.4, -0.2) is 57.0 Å². The van der Waals surface area contributed by atoms with E-state index in [0.29, 0.717) is 22.6 Å². The van der Waals surface area contributed by atoms with Gasteiger partial charge in [-0.1, -0.05) is 0 Å². The van der Waals surface area contributed by atoms with Crippen LogP contribution in [0, 0.1) is 0 Å². The van der Waals surface area contributed by atoms with Gasteiger partial charge in [0.05, 0.1) is 19.9 Å². The third-order valence-electron chi connectivity index (χ3n) is 4.59. The molecule has 0 aliphatic carbocycles. The lowest BCUT2D eigenvalue weighted by Gasteiger charge is -2.21. The minimum atomic E-state index is -0.989. The number of nitrogen functional groups attached to an aromatic ring is 1. The van der Waals surface area contributed by atoms with E-state index in [4.69, 9.17) is 20.3 Å². The molecule has 1 amide bonds. The Morgan fingerprint density at radius 1 is 1.37 bits per heavy atom. The monoisotopic (exact) mass is 410 g/mol. The fourth-order valence-electron chi connectivity index (χ4n) is 3.22. The van der Waals surface area contributed by atoms with Crippen LogP contribution in [0.2, 0.25) is 0 Å². The molecule has 154 valence electrons. The van der Waals surface area contributed by atoms with Crippen LogP contribution in [0.15, 0.2) is 36.9 Å². The first-order valence-electron chi connectivity index (χ1n) is 8.95. The number of aliphatic carboxylic acids is 1. The van der Waals surface area contributed by atoms with Crippen LogP contribution in [0.5, 0.6) is 11.6 Å². The molecule has 11 nitrogen and oxygen atoms in total. The molecule has 0 saturated heterocycles. The number of amides is 1. The molecule has 0 atom stereocenters. The van der Waals surface area contributed by atoms with E-state index < -0.39 is 5.97 Å². The van der Waals surface area contributed by atoms with Gasteiger partial charge in [0, 0.05) is 29.1 Å². The van der Waals surface area contributed by atoms with Gasteiger partial charge >= 0.3 is 5.97 Å². The number of carboxylic acids is 1. The van der Waals surface area contributed by atoms with Crippen molar-refractivity contribution in [3.63, 3.8) is 0 Å². The van der Waals surface area contributed by atoms with Crippen molar-refractivity contribution < 1.29 is 24.2 Å². The molecular formula is C19H18N6O5. The van der Waals surface area contributed by atoms with Gasteiger partial charge in [-0.2, -0.15) is 5.10 Å². The minimum absolute atomic E-state index is 0.0475. The molecule has 2 aromatic heterocycles. The second-order valence-electron chi connectivity index (χ2n) is 6.45. The summed E-state index contributed by atoms with van der Waals surface area (Å²) in [6.45, 7) is 0.278. The Balaban J connectivity index is 1.69. The van der Waals surface area contributed by atoms with E-state index in [-0.39, 0.29) is 42.9 Å². The number of nitrogens with two attached hydrogens (primary N) is 1. The molecule has 0 saturated carbocycles. The summed E-state index contributed by atoms with van der Waals surface area (Å²) in [5.74, 6) is -0.657. The van der Waals surface area contributed by atoms with Crippen molar-refractivity contribution in [2.24, 2.45) is 0 Å². The molecule has 1 aliphatic rings. The molecule has 11 heteroatoms. The number of methoxy groups -OCH3 is 1. The van der Waals surface area contributed by atoms with Crippen LogP contribution >= 0.6 is 0 Å². The zero-order valence-electron chi connectivity index (χ0n) is 16.0. The quantitative estimate of drug-likeness (QED) is 0.630. The van der Waals surface area contributed by atoms with Crippen molar-refractivity contribution in [2.45, 2.75) is 6.54 Å². The summed E-state index contributed by atoms with van der Waals surface area (Å²) >= 11 is 0. The standard InChI is InChI=1S/C19H18N6O5/c1-29-14-6-12(2-3-13(14)11-7-23-24(8-11)9-15(26)27)25-4-5-30-18-16(19(25)28)17(20)21-10-22-18/h2-3,6-8,10H,4-5,9H2,1H3,(H,26,27)(H2,20,21,22). The number of aromatic nitrogens is 4. The second-order valence-corrected chi connectivity index (χ2v) is 6.45. The Kier molecular flexibility index (Phi) is 4.92. The van der Waals surface area contributed by atoms with Crippen molar-refractivity contribution in [3.05, 3.63) is 42.5 Å². The van der Waals surface area contributed by atoms with Gasteiger partial charge in [0.2, 0.25) is 5.88 Å². The van der Waals surface area contributed by atoms with Gasteiger partial charge in [-0.05, 0) is 12.1 Å². The number of hydrogen-bond acceptors (Lipinski definition) is 8. The van der Waals surface area contributed by atoms with E-state index in [2.05, 4.69) is 15.1 Å². The Morgan fingerprint density at radius 2 is 2.20 bits per heavy atom. The molecule has 30 heavy (non-hydrogen) atoms. The van der Waals surface area contributed by atoms with E-state index in [1.165, 1.54) is 23.0 Å². The fraction of sp³-hybridized carbons (Fsp3) is 0.211. The van der Waals surface area contributed by atoms with Gasteiger partial charge in [-0.15, -0.1) is 0 Å². The SMILES string of the molecule is COc1cc(N2CCOc3ncnc(N)c3C2=O)ccc1-c1cnn(CC(=O)O)c1. The van der Waals surface area contributed by atoms with Gasteiger partial charge in [-0.25, -0.2) is 9.97 Å². The van der Waals surface area contributed by atoms with Gasteiger partial charge in [0.1, 0.15) is 36.6 Å². The Bertz CT molecular complexity index is 1130. The normalized spacial score (nSPS) is 13.4. The second kappa shape index (κ2) is 7.70. The first-order valence-corrected chi connectivity index (χ1v) is 8.95. The Hall–Kier alpha value is -4.15. The fourth-order valence-corrected chi connectivity index (χ4v) is 3.22. The number of carbonyl (C=O) groups excluding carboxylic acids is 1. The molecule has 0 bridgehead atoms. The number of hydrogen-bond donors (Lipinski definition) is 2. The molecule has 1 aromatic carbocycles. The maximum atomic E-state index is 13.1. The molecule has 3 aromatic rings. The maximum Gasteiger partial charge on any atom is 0.325 e. The summed E-state index contributed by atoms with van der Waals surface area (Å²) in [4.78, 5) is 33.4. The summed E-state index contributed by atoms with van der Waals surface area (Å²) in [5.41, 5.74) is 7.98. The first-order chi connectivity index (χ1) is 14.5. The summed E-state index contributed by atoms with van der Waals surface area (Å²) in [7, 11) is 1.51. The van der Waals surface area contributed by atoms with E-state index in [1.807, 2.05) is 0 Å². The third kappa shape index (κ3) is 3.48. The first kappa shape index (κ1) is 19.2. The highest BCUT2D eigenvalue weighted by atomic mass is 16.5. The van der Waals surface area contributed by atoms with Crippen LogP contribution in [0.4, 0.5) is 11.5 Å². The topological polar surface area (TPSA) is 146 Å². The van der Waals surface area contributed by atoms with E-state index >= 15 is 0 Å². The number of benzene rings is 1. The molecule has 3 heterocycles. The van der Waals surface area contributed by atoms with Crippen LogP contribution in [0.25, 0.3) is 11.1 Å². The van der Waals surface area contributed by atoms with Crippen LogP contribution in [0.3, 0.4) is 0 Å². The summed E-state index contributed by atoms with van der Waals surface area (Å²) in [5, 5.41) is 13.0. The Labute approximate surface area is 170 Å². The number of fused-ring (bicyclic) bond motifs is 1. The number of carbonyl (C=O) groups is 2. The average molecular weight is 410 g/mol. The highest BCUT2D eigenvalue weighted by Gasteiger charge is 2.29. The average Bonchev–Trinajstić information content (AvgIpc) is 3.10. The maximum absolute atomic E-state index is 13.1. The summed E-state index contributed by atoms with van der Waals surface area (Å²) in [6, 6.07) is 5.25. The van der Waals surface area contributed by atoms with Gasteiger partial charge in [-0.3, -0.25) is 14.3 Å². The molecule has 4 rings (SSSR count). The predicted octanol–water partition coefficient (Wildman–Crippen LogP) is 1.05. The van der Waals surface area contributed by atoms with Gasteiger partial charge in [0.25, 0.3) is 5.91 Å². The smallest absolute Gasteiger partial charge is 0.325 e. The van der Waals surface area contributed by atoms with Gasteiger partial charge < -0.3 is 25.2 Å². The lowest BCUT2D eigenvalue weighted by atomic mass is 10.1. The Morgan fingerprint density at radius 3 is 2.97 bits per heavy atom.